The molecular formula is C14H21N3O2. The largest absolute Gasteiger partial charge is 0.495 e. The van der Waals surface area contributed by atoms with Gasteiger partial charge in [0.1, 0.15) is 5.75 Å². The van der Waals surface area contributed by atoms with E-state index in [0.717, 1.165) is 25.7 Å². The number of urea groups is 1. The Kier molecular flexibility index (Phi) is 4.63. The summed E-state index contributed by atoms with van der Waals surface area (Å²) in [4.78, 5) is 12.0. The molecule has 0 heterocycles. The standard InChI is InChI=1S/C14H21N3O2/c1-19-13-9-5-4-8-12(13)17-14(18)16-11-7-3-2-6-10(11)15/h4-5,8-11H,2-3,6-7,15H2,1H3,(H2,16,17,18). The molecule has 0 bridgehead atoms. The number of nitrogens with one attached hydrogen (secondary N) is 2. The normalized spacial score (nSPS) is 22.6. The lowest BCUT2D eigenvalue weighted by Crippen LogP contribution is -2.50. The van der Waals surface area contributed by atoms with Crippen LogP contribution in [0.5, 0.6) is 5.75 Å². The lowest BCUT2D eigenvalue weighted by Gasteiger charge is -2.29. The molecule has 5 heteroatoms. The Balaban J connectivity index is 1.93. The molecule has 2 unspecified atom stereocenters. The van der Waals surface area contributed by atoms with Gasteiger partial charge in [-0.05, 0) is 25.0 Å². The summed E-state index contributed by atoms with van der Waals surface area (Å²) in [5.41, 5.74) is 6.67. The molecule has 1 aromatic carbocycles. The van der Waals surface area contributed by atoms with Gasteiger partial charge in [0.2, 0.25) is 0 Å². The molecule has 5 nitrogen and oxygen atoms in total. The van der Waals surface area contributed by atoms with E-state index < -0.39 is 0 Å². The summed E-state index contributed by atoms with van der Waals surface area (Å²) in [5, 5.41) is 5.74. The molecule has 2 atom stereocenters. The molecule has 0 spiro atoms. The number of carbonyl (C=O) groups is 1. The third-order valence-electron chi connectivity index (χ3n) is 3.49. The van der Waals surface area contributed by atoms with Gasteiger partial charge >= 0.3 is 6.03 Å². The number of carbonyl (C=O) groups excluding carboxylic acids is 1. The Labute approximate surface area is 113 Å². The zero-order valence-electron chi connectivity index (χ0n) is 11.2. The minimum Gasteiger partial charge on any atom is -0.495 e. The molecule has 1 aliphatic carbocycles. The molecule has 1 aromatic rings. The first-order valence-corrected chi connectivity index (χ1v) is 6.67. The monoisotopic (exact) mass is 263 g/mol. The highest BCUT2D eigenvalue weighted by Gasteiger charge is 2.23. The summed E-state index contributed by atoms with van der Waals surface area (Å²) in [6, 6.07) is 7.21. The fraction of sp³-hybridized carbons (Fsp3) is 0.500. The van der Waals surface area contributed by atoms with Crippen molar-refractivity contribution in [3.63, 3.8) is 0 Å². The lowest BCUT2D eigenvalue weighted by atomic mass is 9.91. The van der Waals surface area contributed by atoms with E-state index in [1.54, 1.807) is 13.2 Å². The van der Waals surface area contributed by atoms with E-state index in [-0.39, 0.29) is 18.1 Å². The van der Waals surface area contributed by atoms with Crippen LogP contribution >= 0.6 is 0 Å². The van der Waals surface area contributed by atoms with E-state index in [4.69, 9.17) is 10.5 Å². The van der Waals surface area contributed by atoms with Crippen LogP contribution in [0.25, 0.3) is 0 Å². The average molecular weight is 263 g/mol. The first-order chi connectivity index (χ1) is 9.20. The molecule has 4 N–H and O–H groups in total. The first kappa shape index (κ1) is 13.7. The predicted molar refractivity (Wildman–Crippen MR) is 75.4 cm³/mol. The van der Waals surface area contributed by atoms with Crippen molar-refractivity contribution in [3.05, 3.63) is 24.3 Å². The van der Waals surface area contributed by atoms with Gasteiger partial charge in [-0.1, -0.05) is 25.0 Å². The van der Waals surface area contributed by atoms with Gasteiger partial charge in [0.05, 0.1) is 12.8 Å². The van der Waals surface area contributed by atoms with Crippen molar-refractivity contribution in [1.29, 1.82) is 0 Å². The van der Waals surface area contributed by atoms with Crippen LogP contribution in [0, 0.1) is 0 Å². The molecule has 0 aromatic heterocycles. The first-order valence-electron chi connectivity index (χ1n) is 6.67. The molecule has 1 fully saturated rings. The Bertz CT molecular complexity index is 436. The molecule has 104 valence electrons. The summed E-state index contributed by atoms with van der Waals surface area (Å²) in [5.74, 6) is 0.644. The summed E-state index contributed by atoms with van der Waals surface area (Å²) in [7, 11) is 1.58. The molecule has 1 aliphatic rings. The number of hydrogen-bond donors (Lipinski definition) is 3. The van der Waals surface area contributed by atoms with Gasteiger partial charge in [-0.15, -0.1) is 0 Å². The summed E-state index contributed by atoms with van der Waals surface area (Å²) in [6.45, 7) is 0. The van der Waals surface area contributed by atoms with Gasteiger partial charge in [-0.3, -0.25) is 0 Å². The summed E-state index contributed by atoms with van der Waals surface area (Å²) in [6.07, 6.45) is 4.18. The highest BCUT2D eigenvalue weighted by Crippen LogP contribution is 2.23. The topological polar surface area (TPSA) is 76.4 Å². The van der Waals surface area contributed by atoms with E-state index in [0.29, 0.717) is 11.4 Å². The van der Waals surface area contributed by atoms with E-state index >= 15 is 0 Å². The van der Waals surface area contributed by atoms with E-state index in [1.165, 1.54) is 0 Å². The molecule has 2 rings (SSSR count). The lowest BCUT2D eigenvalue weighted by molar-refractivity contribution is 0.240. The van der Waals surface area contributed by atoms with Crippen LogP contribution in [0.4, 0.5) is 10.5 Å². The fourth-order valence-electron chi connectivity index (χ4n) is 2.41. The van der Waals surface area contributed by atoms with Crippen molar-refractivity contribution in [2.75, 3.05) is 12.4 Å². The third kappa shape index (κ3) is 3.61. The van der Waals surface area contributed by atoms with Gasteiger partial charge in [-0.25, -0.2) is 4.79 Å². The number of benzene rings is 1. The van der Waals surface area contributed by atoms with E-state index in [2.05, 4.69) is 10.6 Å². The zero-order chi connectivity index (χ0) is 13.7. The number of methoxy groups -OCH3 is 1. The summed E-state index contributed by atoms with van der Waals surface area (Å²) >= 11 is 0. The zero-order valence-corrected chi connectivity index (χ0v) is 11.2. The quantitative estimate of drug-likeness (QED) is 0.781. The van der Waals surface area contributed by atoms with Crippen molar-refractivity contribution < 1.29 is 9.53 Å². The number of nitrogens with two attached hydrogens (primary N) is 1. The highest BCUT2D eigenvalue weighted by atomic mass is 16.5. The third-order valence-corrected chi connectivity index (χ3v) is 3.49. The van der Waals surface area contributed by atoms with Gasteiger partial charge in [0, 0.05) is 12.1 Å². The van der Waals surface area contributed by atoms with Crippen molar-refractivity contribution >= 4 is 11.7 Å². The minimum atomic E-state index is -0.230. The Morgan fingerprint density at radius 2 is 2.05 bits per heavy atom. The van der Waals surface area contributed by atoms with Crippen LogP contribution < -0.4 is 21.1 Å². The molecule has 0 aliphatic heterocycles. The van der Waals surface area contributed by atoms with Crippen LogP contribution in [-0.2, 0) is 0 Å². The van der Waals surface area contributed by atoms with E-state index in [1.807, 2.05) is 18.2 Å². The Morgan fingerprint density at radius 1 is 1.32 bits per heavy atom. The SMILES string of the molecule is COc1ccccc1NC(=O)NC1CCCCC1N. The summed E-state index contributed by atoms with van der Waals surface area (Å²) < 4.78 is 5.19. The van der Waals surface area contributed by atoms with Crippen molar-refractivity contribution in [1.82, 2.24) is 5.32 Å². The van der Waals surface area contributed by atoms with Crippen molar-refractivity contribution in [2.24, 2.45) is 5.73 Å². The van der Waals surface area contributed by atoms with Crippen LogP contribution in [0.2, 0.25) is 0 Å². The van der Waals surface area contributed by atoms with Crippen molar-refractivity contribution in [3.8, 4) is 5.75 Å². The van der Waals surface area contributed by atoms with E-state index in [9.17, 15) is 4.79 Å². The molecule has 1 saturated carbocycles. The Hall–Kier alpha value is -1.75. The highest BCUT2D eigenvalue weighted by molar-refractivity contribution is 5.91. The maximum atomic E-state index is 12.0. The average Bonchev–Trinajstić information content (AvgIpc) is 2.42. The number of amides is 2. The number of para-hydroxylation sites is 2. The molecule has 19 heavy (non-hydrogen) atoms. The second-order valence-corrected chi connectivity index (χ2v) is 4.85. The van der Waals surface area contributed by atoms with Gasteiger partial charge < -0.3 is 21.1 Å². The van der Waals surface area contributed by atoms with Crippen molar-refractivity contribution in [2.45, 2.75) is 37.8 Å². The van der Waals surface area contributed by atoms with Gasteiger partial charge in [0.15, 0.2) is 0 Å². The molecular weight excluding hydrogens is 242 g/mol. The fourth-order valence-corrected chi connectivity index (χ4v) is 2.41. The van der Waals surface area contributed by atoms with Crippen LogP contribution in [0.1, 0.15) is 25.7 Å². The minimum absolute atomic E-state index is 0.0529. The Morgan fingerprint density at radius 3 is 2.79 bits per heavy atom. The molecule has 0 saturated heterocycles. The second-order valence-electron chi connectivity index (χ2n) is 4.85. The smallest absolute Gasteiger partial charge is 0.319 e. The number of ether oxygens (including phenoxy) is 1. The molecule has 2 amide bonds. The number of anilines is 1. The number of rotatable bonds is 3. The van der Waals surface area contributed by atoms with Crippen LogP contribution in [0.15, 0.2) is 24.3 Å². The second kappa shape index (κ2) is 6.43. The number of hydrogen-bond acceptors (Lipinski definition) is 3. The van der Waals surface area contributed by atoms with Gasteiger partial charge in [0.25, 0.3) is 0 Å². The molecule has 0 radical (unpaired) electrons. The van der Waals surface area contributed by atoms with Crippen LogP contribution in [-0.4, -0.2) is 25.2 Å². The predicted octanol–water partition coefficient (Wildman–Crippen LogP) is 2.09. The van der Waals surface area contributed by atoms with Crippen LogP contribution in [0.3, 0.4) is 0 Å². The maximum absolute atomic E-state index is 12.0. The maximum Gasteiger partial charge on any atom is 0.319 e. The van der Waals surface area contributed by atoms with Gasteiger partial charge in [-0.2, -0.15) is 0 Å².